The molecule has 118 valence electrons. The predicted molar refractivity (Wildman–Crippen MR) is 75.8 cm³/mol. The number of aromatic carboxylic acids is 1. The van der Waals surface area contributed by atoms with Crippen molar-refractivity contribution in [1.29, 1.82) is 0 Å². The first kappa shape index (κ1) is 16.0. The van der Waals surface area contributed by atoms with Gasteiger partial charge in [-0.05, 0) is 31.7 Å². The fourth-order valence-corrected chi connectivity index (χ4v) is 3.15. The van der Waals surface area contributed by atoms with Gasteiger partial charge >= 0.3 is 5.97 Å². The number of hydrogen-bond acceptors (Lipinski definition) is 4. The van der Waals surface area contributed by atoms with Crippen LogP contribution in [0.15, 0.2) is 17.2 Å². The van der Waals surface area contributed by atoms with Gasteiger partial charge in [-0.25, -0.2) is 17.9 Å². The molecule has 1 unspecified atom stereocenters. The molecule has 1 saturated carbocycles. The molecule has 1 atom stereocenters. The highest BCUT2D eigenvalue weighted by Crippen LogP contribution is 2.37. The van der Waals surface area contributed by atoms with Crippen molar-refractivity contribution in [2.24, 2.45) is 0 Å². The minimum absolute atomic E-state index is 0.00790. The first-order valence-corrected chi connectivity index (χ1v) is 8.46. The summed E-state index contributed by atoms with van der Waals surface area (Å²) in [7, 11) is -3.75. The average Bonchev–Trinajstić information content (AvgIpc) is 3.15. The van der Waals surface area contributed by atoms with Crippen molar-refractivity contribution in [3.63, 3.8) is 0 Å². The number of carboxylic acids is 1. The lowest BCUT2D eigenvalue weighted by molar-refractivity contribution is 0.0685. The lowest BCUT2D eigenvalue weighted by Gasteiger charge is -2.08. The summed E-state index contributed by atoms with van der Waals surface area (Å²) in [6, 6.07) is 1.26. The van der Waals surface area contributed by atoms with Gasteiger partial charge in [-0.15, -0.1) is 0 Å². The second-order valence-electron chi connectivity index (χ2n) is 5.25. The van der Waals surface area contributed by atoms with Gasteiger partial charge < -0.3 is 14.8 Å². The number of nitrogens with one attached hydrogen (secondary N) is 1. The smallest absolute Gasteiger partial charge is 0.352 e. The van der Waals surface area contributed by atoms with Crippen molar-refractivity contribution in [2.75, 3.05) is 6.54 Å². The topological polar surface area (TPSA) is 109 Å². The van der Waals surface area contributed by atoms with Gasteiger partial charge in [-0.2, -0.15) is 0 Å². The molecule has 1 heterocycles. The molecule has 3 N–H and O–H groups in total. The molecular weight excluding hydrogens is 296 g/mol. The summed E-state index contributed by atoms with van der Waals surface area (Å²) in [4.78, 5) is 11.1. The molecule has 1 aliphatic carbocycles. The molecule has 0 spiro atoms. The van der Waals surface area contributed by atoms with Crippen LogP contribution < -0.4 is 4.72 Å². The lowest BCUT2D eigenvalue weighted by atomic mass is 10.2. The van der Waals surface area contributed by atoms with Gasteiger partial charge in [0.1, 0.15) is 10.6 Å². The number of nitrogens with zero attached hydrogens (tertiary/aromatic N) is 1. The molecule has 0 bridgehead atoms. The van der Waals surface area contributed by atoms with Gasteiger partial charge in [0.25, 0.3) is 0 Å². The number of hydrogen-bond donors (Lipinski definition) is 3. The number of aliphatic hydroxyl groups excluding tert-OH is 1. The SMILES string of the molecule is CCC(O)CCNS(=O)(=O)c1cc(C(=O)O)n(C2CC2)c1. The molecule has 8 heteroatoms. The second kappa shape index (κ2) is 6.17. The Kier molecular flexibility index (Phi) is 4.70. The average molecular weight is 316 g/mol. The fourth-order valence-electron chi connectivity index (χ4n) is 2.07. The van der Waals surface area contributed by atoms with E-state index in [0.29, 0.717) is 12.8 Å². The summed E-state index contributed by atoms with van der Waals surface area (Å²) in [5.74, 6) is -1.13. The van der Waals surface area contributed by atoms with Gasteiger partial charge in [0, 0.05) is 18.8 Å². The highest BCUT2D eigenvalue weighted by Gasteiger charge is 2.30. The van der Waals surface area contributed by atoms with Gasteiger partial charge in [0.15, 0.2) is 0 Å². The zero-order chi connectivity index (χ0) is 15.6. The van der Waals surface area contributed by atoms with Crippen LogP contribution >= 0.6 is 0 Å². The molecule has 7 nitrogen and oxygen atoms in total. The number of carbonyl (C=O) groups is 1. The molecule has 0 radical (unpaired) electrons. The maximum Gasteiger partial charge on any atom is 0.352 e. The minimum Gasteiger partial charge on any atom is -0.477 e. The Morgan fingerprint density at radius 2 is 2.19 bits per heavy atom. The minimum atomic E-state index is -3.75. The Labute approximate surface area is 123 Å². The van der Waals surface area contributed by atoms with Crippen molar-refractivity contribution >= 4 is 16.0 Å². The second-order valence-corrected chi connectivity index (χ2v) is 7.02. The normalized spacial score (nSPS) is 16.9. The third-order valence-corrected chi connectivity index (χ3v) is 4.96. The standard InChI is InChI=1S/C13H20N2O5S/c1-2-10(16)5-6-14-21(19,20)11-7-12(13(17)18)15(8-11)9-3-4-9/h7-10,14,16H,2-6H2,1H3,(H,17,18). The van der Waals surface area contributed by atoms with Crippen LogP contribution in [0, 0.1) is 0 Å². The molecule has 1 aliphatic rings. The Morgan fingerprint density at radius 1 is 1.52 bits per heavy atom. The van der Waals surface area contributed by atoms with Gasteiger partial charge in [-0.3, -0.25) is 0 Å². The van der Waals surface area contributed by atoms with Crippen LogP contribution in [0.25, 0.3) is 0 Å². The molecular formula is C13H20N2O5S. The summed E-state index contributed by atoms with van der Waals surface area (Å²) < 4.78 is 28.2. The summed E-state index contributed by atoms with van der Waals surface area (Å²) in [5.41, 5.74) is -0.00790. The van der Waals surface area contributed by atoms with Gasteiger partial charge in [0.2, 0.25) is 10.0 Å². The number of rotatable bonds is 8. The van der Waals surface area contributed by atoms with E-state index in [4.69, 9.17) is 5.11 Å². The first-order valence-electron chi connectivity index (χ1n) is 6.98. The number of aromatic nitrogens is 1. The summed E-state index contributed by atoms with van der Waals surface area (Å²) in [6.07, 6.45) is 3.45. The highest BCUT2D eigenvalue weighted by molar-refractivity contribution is 7.89. The zero-order valence-corrected chi connectivity index (χ0v) is 12.6. The van der Waals surface area contributed by atoms with Crippen LogP contribution in [0.3, 0.4) is 0 Å². The van der Waals surface area contributed by atoms with Crippen LogP contribution in [-0.4, -0.2) is 41.8 Å². The summed E-state index contributed by atoms with van der Waals surface area (Å²) in [5, 5.41) is 18.5. The first-order chi connectivity index (χ1) is 9.85. The maximum absolute atomic E-state index is 12.1. The molecule has 0 saturated heterocycles. The number of carboxylic acid groups (broad SMARTS) is 1. The lowest BCUT2D eigenvalue weighted by Crippen LogP contribution is -2.27. The van der Waals surface area contributed by atoms with Crippen LogP contribution in [-0.2, 0) is 10.0 Å². The van der Waals surface area contributed by atoms with E-state index in [-0.39, 0.29) is 23.2 Å². The third kappa shape index (κ3) is 3.84. The van der Waals surface area contributed by atoms with Crippen LogP contribution in [0.2, 0.25) is 0 Å². The predicted octanol–water partition coefficient (Wildman–Crippen LogP) is 0.960. The van der Waals surface area contributed by atoms with Crippen molar-refractivity contribution < 1.29 is 23.4 Å². The summed E-state index contributed by atoms with van der Waals surface area (Å²) >= 11 is 0. The van der Waals surface area contributed by atoms with Crippen LogP contribution in [0.5, 0.6) is 0 Å². The van der Waals surface area contributed by atoms with Crippen LogP contribution in [0.4, 0.5) is 0 Å². The van der Waals surface area contributed by atoms with E-state index in [9.17, 15) is 18.3 Å². The highest BCUT2D eigenvalue weighted by atomic mass is 32.2. The molecule has 0 aromatic carbocycles. The Balaban J connectivity index is 2.12. The molecule has 0 amide bonds. The molecule has 2 rings (SSSR count). The molecule has 1 aromatic rings. The van der Waals surface area contributed by atoms with Crippen molar-refractivity contribution in [2.45, 2.75) is 49.6 Å². The van der Waals surface area contributed by atoms with Crippen LogP contribution in [0.1, 0.15) is 49.1 Å². The Hall–Kier alpha value is -1.38. The van der Waals surface area contributed by atoms with Gasteiger partial charge in [-0.1, -0.05) is 6.92 Å². The monoisotopic (exact) mass is 316 g/mol. The van der Waals surface area contributed by atoms with E-state index in [1.165, 1.54) is 16.8 Å². The van der Waals surface area contributed by atoms with Gasteiger partial charge in [0.05, 0.1) is 6.10 Å². The van der Waals surface area contributed by atoms with E-state index >= 15 is 0 Å². The van der Waals surface area contributed by atoms with E-state index in [1.54, 1.807) is 0 Å². The molecule has 1 aromatic heterocycles. The summed E-state index contributed by atoms with van der Waals surface area (Å²) in [6.45, 7) is 1.93. The van der Waals surface area contributed by atoms with Crippen molar-refractivity contribution in [1.82, 2.24) is 9.29 Å². The van der Waals surface area contributed by atoms with E-state index in [0.717, 1.165) is 12.8 Å². The Morgan fingerprint density at radius 3 is 2.71 bits per heavy atom. The van der Waals surface area contributed by atoms with E-state index < -0.39 is 22.1 Å². The number of sulfonamides is 1. The quantitative estimate of drug-likeness (QED) is 0.662. The van der Waals surface area contributed by atoms with E-state index in [2.05, 4.69) is 4.72 Å². The largest absolute Gasteiger partial charge is 0.477 e. The third-order valence-electron chi connectivity index (χ3n) is 3.53. The number of aliphatic hydroxyl groups is 1. The zero-order valence-electron chi connectivity index (χ0n) is 11.8. The molecule has 1 fully saturated rings. The maximum atomic E-state index is 12.1. The van der Waals surface area contributed by atoms with Crippen molar-refractivity contribution in [3.05, 3.63) is 18.0 Å². The Bertz CT molecular complexity index is 619. The molecule has 0 aliphatic heterocycles. The fraction of sp³-hybridized carbons (Fsp3) is 0.615. The molecule has 21 heavy (non-hydrogen) atoms. The van der Waals surface area contributed by atoms with E-state index in [1.807, 2.05) is 6.92 Å². The van der Waals surface area contributed by atoms with Crippen molar-refractivity contribution in [3.8, 4) is 0 Å².